The second-order valence-electron chi connectivity index (χ2n) is 10.7. The third-order valence-electron chi connectivity index (χ3n) is 7.67. The molecule has 4 N–H and O–H groups in total. The number of nitriles is 1. The number of rotatable bonds is 12. The highest BCUT2D eigenvalue weighted by Crippen LogP contribution is 2.41. The van der Waals surface area contributed by atoms with Gasteiger partial charge >= 0.3 is 0 Å². The van der Waals surface area contributed by atoms with Crippen LogP contribution in [0.15, 0.2) is 59.7 Å². The normalized spacial score (nSPS) is 12.8. The van der Waals surface area contributed by atoms with Crippen LogP contribution in [0.3, 0.4) is 0 Å². The van der Waals surface area contributed by atoms with Crippen molar-refractivity contribution in [2.75, 3.05) is 38.0 Å². The summed E-state index contributed by atoms with van der Waals surface area (Å²) in [6.45, 7) is 1.30. The van der Waals surface area contributed by atoms with Gasteiger partial charge in [0, 0.05) is 37.2 Å². The number of methoxy groups -OCH3 is 1. The fourth-order valence-electron chi connectivity index (χ4n) is 5.33. The van der Waals surface area contributed by atoms with Gasteiger partial charge in [-0.1, -0.05) is 18.2 Å². The Kier molecular flexibility index (Phi) is 8.52. The predicted octanol–water partition coefficient (Wildman–Crippen LogP) is 4.01. The molecule has 0 amide bonds. The lowest BCUT2D eigenvalue weighted by Gasteiger charge is -2.16. The number of hydrogen-bond donors (Lipinski definition) is 3. The van der Waals surface area contributed by atoms with Crippen molar-refractivity contribution in [1.82, 2.24) is 24.1 Å². The summed E-state index contributed by atoms with van der Waals surface area (Å²) in [5, 5.41) is 23.7. The van der Waals surface area contributed by atoms with E-state index >= 15 is 4.39 Å². The first-order chi connectivity index (χ1) is 21.9. The maximum absolute atomic E-state index is 15.2. The van der Waals surface area contributed by atoms with Crippen LogP contribution < -0.4 is 16.6 Å². The predicted molar refractivity (Wildman–Crippen MR) is 166 cm³/mol. The van der Waals surface area contributed by atoms with Gasteiger partial charge < -0.3 is 30.2 Å². The van der Waals surface area contributed by atoms with Crippen LogP contribution in [0, 0.1) is 17.1 Å². The SMILES string of the molecule is COCCOCCn1cc(Nc2nc(N)nc(-c3cccc(-n4ccc5cc(C6CC6)cc(F)c5c4=O)c3CO)n2)cc1C#N. The zero-order valence-corrected chi connectivity index (χ0v) is 24.5. The molecule has 0 saturated heterocycles. The van der Waals surface area contributed by atoms with Crippen LogP contribution in [-0.2, 0) is 22.6 Å². The summed E-state index contributed by atoms with van der Waals surface area (Å²) in [6.07, 6.45) is 5.35. The maximum Gasteiger partial charge on any atom is 0.265 e. The molecular weight excluding hydrogens is 579 g/mol. The molecule has 0 spiro atoms. The number of nitrogens with zero attached hydrogens (tertiary/aromatic N) is 6. The minimum absolute atomic E-state index is 0.0164. The molecule has 230 valence electrons. The Hall–Kier alpha value is -5.16. The Morgan fingerprint density at radius 1 is 1.16 bits per heavy atom. The van der Waals surface area contributed by atoms with Gasteiger partial charge in [0.05, 0.1) is 43.2 Å². The summed E-state index contributed by atoms with van der Waals surface area (Å²) >= 11 is 0. The first kappa shape index (κ1) is 29.9. The van der Waals surface area contributed by atoms with Crippen molar-refractivity contribution in [1.29, 1.82) is 5.26 Å². The lowest BCUT2D eigenvalue weighted by Crippen LogP contribution is -2.20. The zero-order chi connectivity index (χ0) is 31.5. The van der Waals surface area contributed by atoms with Gasteiger partial charge in [-0.3, -0.25) is 9.36 Å². The van der Waals surface area contributed by atoms with Crippen LogP contribution in [0.5, 0.6) is 0 Å². The number of halogens is 1. The Morgan fingerprint density at radius 3 is 2.76 bits per heavy atom. The van der Waals surface area contributed by atoms with Crippen LogP contribution >= 0.6 is 0 Å². The molecule has 2 aromatic carbocycles. The van der Waals surface area contributed by atoms with Gasteiger partial charge in [0.15, 0.2) is 5.82 Å². The molecule has 3 heterocycles. The van der Waals surface area contributed by atoms with Gasteiger partial charge in [-0.15, -0.1) is 0 Å². The Bertz CT molecular complexity index is 1980. The number of aromatic nitrogens is 5. The summed E-state index contributed by atoms with van der Waals surface area (Å²) < 4.78 is 28.7. The van der Waals surface area contributed by atoms with Gasteiger partial charge in [-0.05, 0) is 54.0 Å². The van der Waals surface area contributed by atoms with Gasteiger partial charge in [-0.25, -0.2) is 4.39 Å². The fourth-order valence-corrected chi connectivity index (χ4v) is 5.33. The fraction of sp³-hybridized carbons (Fsp3) is 0.281. The van der Waals surface area contributed by atoms with E-state index in [4.69, 9.17) is 15.2 Å². The standard InChI is InChI=1S/C32H31FN8O4/c1-44-11-12-45-10-9-40-17-22(15-23(40)16-34)36-32-38-29(37-31(35)39-32)24-3-2-4-27(25(24)18-42)41-8-7-20-13-21(19-5-6-19)14-26(33)28(20)30(41)43/h2-4,7-8,13-15,17,19,42H,5-6,9-12,18H2,1H3,(H3,35,36,37,38,39). The first-order valence-corrected chi connectivity index (χ1v) is 14.4. The number of aliphatic hydroxyl groups is 1. The molecule has 13 heteroatoms. The van der Waals surface area contributed by atoms with Crippen molar-refractivity contribution in [2.45, 2.75) is 31.9 Å². The number of nitrogen functional groups attached to an aromatic ring is 1. The van der Waals surface area contributed by atoms with Gasteiger partial charge in [0.2, 0.25) is 11.9 Å². The van der Waals surface area contributed by atoms with E-state index in [0.717, 1.165) is 18.4 Å². The Morgan fingerprint density at radius 2 is 2.00 bits per heavy atom. The van der Waals surface area contributed by atoms with Gasteiger partial charge in [0.1, 0.15) is 17.6 Å². The van der Waals surface area contributed by atoms with Crippen molar-refractivity contribution >= 4 is 28.4 Å². The number of benzene rings is 2. The summed E-state index contributed by atoms with van der Waals surface area (Å²) in [7, 11) is 1.60. The molecule has 0 atom stereocenters. The number of pyridine rings is 1. The van der Waals surface area contributed by atoms with Gasteiger partial charge in [0.25, 0.3) is 5.56 Å². The first-order valence-electron chi connectivity index (χ1n) is 14.4. The molecule has 0 unspecified atom stereocenters. The van der Waals surface area contributed by atoms with Crippen LogP contribution in [0.1, 0.15) is 35.6 Å². The molecule has 3 aromatic heterocycles. The van der Waals surface area contributed by atoms with Crippen LogP contribution in [-0.4, -0.2) is 56.1 Å². The molecular formula is C32H31FN8O4. The maximum atomic E-state index is 15.2. The molecule has 0 bridgehead atoms. The average molecular weight is 611 g/mol. The quantitative estimate of drug-likeness (QED) is 0.176. The summed E-state index contributed by atoms with van der Waals surface area (Å²) in [5.74, 6) is -0.0453. The van der Waals surface area contributed by atoms with Crippen molar-refractivity contribution in [3.63, 3.8) is 0 Å². The Labute approximate surface area is 257 Å². The number of hydrogen-bond acceptors (Lipinski definition) is 10. The lowest BCUT2D eigenvalue weighted by atomic mass is 10.0. The smallest absolute Gasteiger partial charge is 0.265 e. The minimum Gasteiger partial charge on any atom is -0.392 e. The molecule has 5 aromatic rings. The topological polar surface area (TPSA) is 166 Å². The van der Waals surface area contributed by atoms with Crippen LogP contribution in [0.2, 0.25) is 0 Å². The molecule has 0 radical (unpaired) electrons. The number of fused-ring (bicyclic) bond motifs is 1. The molecule has 45 heavy (non-hydrogen) atoms. The average Bonchev–Trinajstić information content (AvgIpc) is 3.81. The molecule has 1 saturated carbocycles. The van der Waals surface area contributed by atoms with Crippen molar-refractivity contribution in [3.05, 3.63) is 87.9 Å². The van der Waals surface area contributed by atoms with E-state index in [1.807, 2.05) is 6.07 Å². The van der Waals surface area contributed by atoms with E-state index in [9.17, 15) is 15.2 Å². The summed E-state index contributed by atoms with van der Waals surface area (Å²) in [4.78, 5) is 26.6. The molecule has 1 aliphatic rings. The van der Waals surface area contributed by atoms with Crippen LogP contribution in [0.25, 0.3) is 27.8 Å². The molecule has 1 fully saturated rings. The third-order valence-corrected chi connectivity index (χ3v) is 7.67. The van der Waals surface area contributed by atoms with E-state index in [-0.39, 0.29) is 23.1 Å². The number of aliphatic hydroxyl groups excluding tert-OH is 1. The highest BCUT2D eigenvalue weighted by molar-refractivity contribution is 5.83. The molecule has 12 nitrogen and oxygen atoms in total. The Balaban J connectivity index is 1.32. The second kappa shape index (κ2) is 12.8. The van der Waals surface area contributed by atoms with E-state index in [2.05, 4.69) is 26.3 Å². The van der Waals surface area contributed by atoms with Crippen LogP contribution in [0.4, 0.5) is 22.0 Å². The monoisotopic (exact) mass is 610 g/mol. The number of nitrogens with one attached hydrogen (secondary N) is 1. The highest BCUT2D eigenvalue weighted by atomic mass is 19.1. The summed E-state index contributed by atoms with van der Waals surface area (Å²) in [5.41, 5.74) is 8.47. The van der Waals surface area contributed by atoms with Crippen molar-refractivity contribution in [3.8, 4) is 23.1 Å². The molecule has 0 aliphatic heterocycles. The third kappa shape index (κ3) is 6.25. The summed E-state index contributed by atoms with van der Waals surface area (Å²) in [6, 6.07) is 13.9. The largest absolute Gasteiger partial charge is 0.392 e. The van der Waals surface area contributed by atoms with Gasteiger partial charge in [-0.2, -0.15) is 20.2 Å². The molecule has 1 aliphatic carbocycles. The van der Waals surface area contributed by atoms with Crippen molar-refractivity contribution in [2.24, 2.45) is 0 Å². The number of ether oxygens (including phenoxy) is 2. The van der Waals surface area contributed by atoms with Crippen molar-refractivity contribution < 1.29 is 19.0 Å². The van der Waals surface area contributed by atoms with E-state index < -0.39 is 18.0 Å². The number of nitrogens with two attached hydrogens (primary N) is 1. The second-order valence-corrected chi connectivity index (χ2v) is 10.7. The highest BCUT2D eigenvalue weighted by Gasteiger charge is 2.25. The van der Waals surface area contributed by atoms with E-state index in [0.29, 0.717) is 65.9 Å². The lowest BCUT2D eigenvalue weighted by molar-refractivity contribution is 0.0666. The van der Waals surface area contributed by atoms with E-state index in [1.165, 1.54) is 10.6 Å². The minimum atomic E-state index is -0.566. The number of anilines is 3. The molecule has 6 rings (SSSR count). The zero-order valence-electron chi connectivity index (χ0n) is 24.5. The van der Waals surface area contributed by atoms with E-state index in [1.54, 1.807) is 54.4 Å².